The average Bonchev–Trinajstić information content (AvgIpc) is 2.68. The van der Waals surface area contributed by atoms with Crippen molar-refractivity contribution in [2.24, 2.45) is 17.8 Å². The largest absolute Gasteiger partial charge is 0.394 e. The zero-order valence-electron chi connectivity index (χ0n) is 18.2. The first-order chi connectivity index (χ1) is 13.4. The average molecular weight is 393 g/mol. The predicted octanol–water partition coefficient (Wildman–Crippen LogP) is 3.73. The summed E-state index contributed by atoms with van der Waals surface area (Å²) in [4.78, 5) is 24.1. The van der Waals surface area contributed by atoms with Gasteiger partial charge in [0.15, 0.2) is 0 Å². The van der Waals surface area contributed by atoms with Gasteiger partial charge in [-0.05, 0) is 56.4 Å². The summed E-state index contributed by atoms with van der Waals surface area (Å²) >= 11 is 0. The third kappa shape index (κ3) is 9.54. The molecule has 0 heterocycles. The fourth-order valence-electron chi connectivity index (χ4n) is 3.46. The Balaban J connectivity index is 2.17. The van der Waals surface area contributed by atoms with E-state index in [1.807, 2.05) is 13.8 Å². The molecule has 0 aromatic rings. The molecule has 0 fully saturated rings. The number of amides is 2. The molecule has 3 N–H and O–H groups in total. The maximum absolute atomic E-state index is 12.4. The lowest BCUT2D eigenvalue weighted by Crippen LogP contribution is -2.36. The molecule has 0 saturated carbocycles. The Hall–Kier alpha value is -1.62. The molecule has 0 aromatic heterocycles. The highest BCUT2D eigenvalue weighted by Crippen LogP contribution is 2.26. The summed E-state index contributed by atoms with van der Waals surface area (Å²) in [5.74, 6) is 1.24. The van der Waals surface area contributed by atoms with Crippen LogP contribution < -0.4 is 10.6 Å². The lowest BCUT2D eigenvalue weighted by atomic mass is 9.86. The fraction of sp³-hybridized carbons (Fsp3) is 0.739. The van der Waals surface area contributed by atoms with Gasteiger partial charge in [-0.15, -0.1) is 0 Å². The fourth-order valence-corrected chi connectivity index (χ4v) is 3.46. The highest BCUT2D eigenvalue weighted by molar-refractivity contribution is 5.81. The van der Waals surface area contributed by atoms with Gasteiger partial charge in [-0.3, -0.25) is 9.59 Å². The summed E-state index contributed by atoms with van der Waals surface area (Å²) in [6.07, 6.45) is 12.6. The van der Waals surface area contributed by atoms with Gasteiger partial charge in [0, 0.05) is 13.0 Å². The normalized spacial score (nSPS) is 18.5. The Labute approximate surface area is 171 Å². The monoisotopic (exact) mass is 392 g/mol. The number of rotatable bonds is 13. The van der Waals surface area contributed by atoms with Crippen LogP contribution >= 0.6 is 0 Å². The minimum atomic E-state index is -0.142. The maximum Gasteiger partial charge on any atom is 0.227 e. The van der Waals surface area contributed by atoms with E-state index < -0.39 is 0 Å². The predicted molar refractivity (Wildman–Crippen MR) is 115 cm³/mol. The van der Waals surface area contributed by atoms with Crippen LogP contribution in [0.2, 0.25) is 0 Å². The van der Waals surface area contributed by atoms with Crippen molar-refractivity contribution in [3.8, 4) is 0 Å². The molecule has 2 amide bonds. The molecule has 0 aliphatic heterocycles. The van der Waals surface area contributed by atoms with Crippen LogP contribution in [0, 0.1) is 17.8 Å². The van der Waals surface area contributed by atoms with Gasteiger partial charge >= 0.3 is 0 Å². The molecule has 5 heteroatoms. The molecule has 0 spiro atoms. The van der Waals surface area contributed by atoms with Crippen LogP contribution in [0.4, 0.5) is 0 Å². The Morgan fingerprint density at radius 3 is 2.54 bits per heavy atom. The summed E-state index contributed by atoms with van der Waals surface area (Å²) in [6.45, 7) is 9.01. The molecule has 1 rings (SSSR count). The molecule has 3 atom stereocenters. The zero-order valence-corrected chi connectivity index (χ0v) is 18.2. The summed E-state index contributed by atoms with van der Waals surface area (Å²) in [5.41, 5.74) is 1.11. The van der Waals surface area contributed by atoms with Crippen LogP contribution in [-0.2, 0) is 9.59 Å². The summed E-state index contributed by atoms with van der Waals surface area (Å²) in [6, 6.07) is -0.142. The molecule has 1 aliphatic rings. The van der Waals surface area contributed by atoms with Gasteiger partial charge in [-0.25, -0.2) is 0 Å². The number of hydrogen-bond acceptors (Lipinski definition) is 3. The second-order valence-electron chi connectivity index (χ2n) is 8.37. The van der Waals surface area contributed by atoms with Crippen molar-refractivity contribution in [2.75, 3.05) is 13.2 Å². The van der Waals surface area contributed by atoms with Gasteiger partial charge in [0.05, 0.1) is 18.6 Å². The van der Waals surface area contributed by atoms with E-state index in [1.54, 1.807) is 0 Å². The first-order valence-corrected chi connectivity index (χ1v) is 10.9. The number of unbranched alkanes of at least 4 members (excludes halogenated alkanes) is 2. The topological polar surface area (TPSA) is 78.4 Å². The Kier molecular flexibility index (Phi) is 11.8. The van der Waals surface area contributed by atoms with Gasteiger partial charge in [-0.1, -0.05) is 45.4 Å². The van der Waals surface area contributed by atoms with E-state index >= 15 is 0 Å². The van der Waals surface area contributed by atoms with Gasteiger partial charge in [0.2, 0.25) is 11.8 Å². The zero-order chi connectivity index (χ0) is 20.9. The van der Waals surface area contributed by atoms with Crippen LogP contribution in [0.1, 0.15) is 72.6 Å². The van der Waals surface area contributed by atoms with Crippen LogP contribution in [0.25, 0.3) is 0 Å². The molecule has 0 radical (unpaired) electrons. The molecule has 5 nitrogen and oxygen atoms in total. The molecule has 0 bridgehead atoms. The van der Waals surface area contributed by atoms with E-state index in [9.17, 15) is 9.59 Å². The maximum atomic E-state index is 12.4. The quantitative estimate of drug-likeness (QED) is 0.418. The molecule has 2 unspecified atom stereocenters. The Bertz CT molecular complexity index is 536. The van der Waals surface area contributed by atoms with Gasteiger partial charge in [0.1, 0.15) is 0 Å². The van der Waals surface area contributed by atoms with Crippen molar-refractivity contribution in [1.29, 1.82) is 0 Å². The van der Waals surface area contributed by atoms with Crippen LogP contribution in [0.15, 0.2) is 23.8 Å². The number of hydrogen-bond donors (Lipinski definition) is 3. The second-order valence-corrected chi connectivity index (χ2v) is 8.37. The van der Waals surface area contributed by atoms with Crippen molar-refractivity contribution < 1.29 is 14.7 Å². The van der Waals surface area contributed by atoms with Crippen LogP contribution in [0.3, 0.4) is 0 Å². The molecular formula is C23H40N2O3. The standard InChI is InChI=1S/C23H40N2O3/c1-5-21(16-26)25-22(27)9-7-6-8-14-24-23(28)18(4)20-12-10-19(11-13-20)15-17(2)3/h10,12-13,17-19,21,26H,5-9,11,14-16H2,1-4H3,(H,24,28)(H,25,27)/t18-,19?,21?/m0/s1. The Morgan fingerprint density at radius 1 is 1.21 bits per heavy atom. The third-order valence-electron chi connectivity index (χ3n) is 5.34. The van der Waals surface area contributed by atoms with Gasteiger partial charge < -0.3 is 15.7 Å². The minimum Gasteiger partial charge on any atom is -0.394 e. The van der Waals surface area contributed by atoms with Crippen molar-refractivity contribution >= 4 is 11.8 Å². The van der Waals surface area contributed by atoms with E-state index in [1.165, 1.54) is 6.42 Å². The number of aliphatic hydroxyl groups excluding tert-OH is 1. The SMILES string of the molecule is CCC(CO)NC(=O)CCCCCNC(=O)[C@@H](C)C1=CCC(CC(C)C)C=C1. The van der Waals surface area contributed by atoms with Crippen LogP contribution in [-0.4, -0.2) is 36.1 Å². The van der Waals surface area contributed by atoms with Gasteiger partial charge in [0.25, 0.3) is 0 Å². The number of allylic oxidation sites excluding steroid dienone is 3. The molecular weight excluding hydrogens is 352 g/mol. The van der Waals surface area contributed by atoms with Crippen LogP contribution in [0.5, 0.6) is 0 Å². The van der Waals surface area contributed by atoms with E-state index in [2.05, 4.69) is 42.7 Å². The van der Waals surface area contributed by atoms with Crippen molar-refractivity contribution in [3.05, 3.63) is 23.8 Å². The van der Waals surface area contributed by atoms with E-state index in [0.29, 0.717) is 24.8 Å². The lowest BCUT2D eigenvalue weighted by Gasteiger charge is -2.21. The second kappa shape index (κ2) is 13.5. The van der Waals surface area contributed by atoms with E-state index in [0.717, 1.165) is 37.7 Å². The molecule has 0 aromatic carbocycles. The van der Waals surface area contributed by atoms with Crippen molar-refractivity contribution in [3.63, 3.8) is 0 Å². The summed E-state index contributed by atoms with van der Waals surface area (Å²) in [5, 5.41) is 14.9. The molecule has 0 saturated heterocycles. The first-order valence-electron chi connectivity index (χ1n) is 10.9. The highest BCUT2D eigenvalue weighted by Gasteiger charge is 2.19. The van der Waals surface area contributed by atoms with Gasteiger partial charge in [-0.2, -0.15) is 0 Å². The minimum absolute atomic E-state index is 0.00893. The number of nitrogens with one attached hydrogen (secondary N) is 2. The number of carbonyl (C=O) groups excluding carboxylic acids is 2. The van der Waals surface area contributed by atoms with E-state index in [4.69, 9.17) is 5.11 Å². The smallest absolute Gasteiger partial charge is 0.227 e. The summed E-state index contributed by atoms with van der Waals surface area (Å²) in [7, 11) is 0. The molecule has 1 aliphatic carbocycles. The molecule has 28 heavy (non-hydrogen) atoms. The first kappa shape index (κ1) is 24.4. The van der Waals surface area contributed by atoms with Crippen molar-refractivity contribution in [1.82, 2.24) is 10.6 Å². The van der Waals surface area contributed by atoms with Crippen molar-refractivity contribution in [2.45, 2.75) is 78.7 Å². The molecule has 160 valence electrons. The number of aliphatic hydroxyl groups is 1. The van der Waals surface area contributed by atoms with E-state index in [-0.39, 0.29) is 30.4 Å². The third-order valence-corrected chi connectivity index (χ3v) is 5.34. The highest BCUT2D eigenvalue weighted by atomic mass is 16.3. The Morgan fingerprint density at radius 2 is 1.96 bits per heavy atom. The number of carbonyl (C=O) groups is 2. The summed E-state index contributed by atoms with van der Waals surface area (Å²) < 4.78 is 0. The lowest BCUT2D eigenvalue weighted by molar-refractivity contribution is -0.124.